The molecule has 2 aromatic carbocycles. The lowest BCUT2D eigenvalue weighted by molar-refractivity contribution is 1.10. The molecule has 2 N–H and O–H groups in total. The van der Waals surface area contributed by atoms with Crippen molar-refractivity contribution in [3.05, 3.63) is 52.5 Å². The summed E-state index contributed by atoms with van der Waals surface area (Å²) >= 11 is 3.51. The third-order valence-electron chi connectivity index (χ3n) is 2.87. The largest absolute Gasteiger partial charge is 0.369 e. The van der Waals surface area contributed by atoms with Gasteiger partial charge >= 0.3 is 0 Å². The van der Waals surface area contributed by atoms with Crippen molar-refractivity contribution in [2.24, 2.45) is 0 Å². The van der Waals surface area contributed by atoms with E-state index in [1.54, 1.807) is 0 Å². The Balaban J connectivity index is 2.34. The van der Waals surface area contributed by atoms with Gasteiger partial charge in [0.2, 0.25) is 5.95 Å². The number of rotatable bonds is 1. The molecule has 0 unspecified atom stereocenters. The molecule has 0 aliphatic rings. The first kappa shape index (κ1) is 11.3. The lowest BCUT2D eigenvalue weighted by Gasteiger charge is -2.08. The van der Waals surface area contributed by atoms with Crippen LogP contribution in [0.2, 0.25) is 0 Å². The summed E-state index contributed by atoms with van der Waals surface area (Å²) in [6.45, 7) is 2.06. The molecule has 0 radical (unpaired) electrons. The number of halogens is 1. The van der Waals surface area contributed by atoms with Crippen LogP contribution in [0.4, 0.5) is 5.95 Å². The fourth-order valence-corrected chi connectivity index (χ4v) is 2.76. The lowest BCUT2D eigenvalue weighted by Crippen LogP contribution is -2.00. The Morgan fingerprint density at radius 1 is 1.17 bits per heavy atom. The second kappa shape index (κ2) is 4.14. The average Bonchev–Trinajstić information content (AvgIpc) is 2.63. The molecule has 0 aliphatic carbocycles. The number of hydrogen-bond acceptors (Lipinski definition) is 2. The Morgan fingerprint density at radius 3 is 2.72 bits per heavy atom. The Morgan fingerprint density at radius 2 is 1.94 bits per heavy atom. The Kier molecular flexibility index (Phi) is 2.59. The molecule has 1 aromatic heterocycles. The van der Waals surface area contributed by atoms with Crippen molar-refractivity contribution in [3.8, 4) is 5.69 Å². The number of aromatic nitrogens is 2. The molecule has 3 nitrogen and oxygen atoms in total. The van der Waals surface area contributed by atoms with Gasteiger partial charge in [-0.25, -0.2) is 4.98 Å². The van der Waals surface area contributed by atoms with Crippen LogP contribution < -0.4 is 5.73 Å². The molecule has 18 heavy (non-hydrogen) atoms. The van der Waals surface area contributed by atoms with Gasteiger partial charge < -0.3 is 5.73 Å². The van der Waals surface area contributed by atoms with Crippen LogP contribution in [0.3, 0.4) is 0 Å². The number of fused-ring (bicyclic) bond motifs is 1. The van der Waals surface area contributed by atoms with Gasteiger partial charge in [0.25, 0.3) is 0 Å². The Labute approximate surface area is 113 Å². The van der Waals surface area contributed by atoms with Gasteiger partial charge in [0.05, 0.1) is 16.7 Å². The van der Waals surface area contributed by atoms with E-state index in [4.69, 9.17) is 5.73 Å². The zero-order valence-electron chi connectivity index (χ0n) is 9.89. The van der Waals surface area contributed by atoms with Gasteiger partial charge in [-0.1, -0.05) is 28.1 Å². The zero-order chi connectivity index (χ0) is 12.7. The van der Waals surface area contributed by atoms with E-state index in [1.165, 1.54) is 5.56 Å². The molecule has 0 aliphatic heterocycles. The van der Waals surface area contributed by atoms with Crippen LogP contribution in [-0.2, 0) is 0 Å². The lowest BCUT2D eigenvalue weighted by atomic mass is 10.2. The van der Waals surface area contributed by atoms with Crippen LogP contribution in [0.15, 0.2) is 46.9 Å². The van der Waals surface area contributed by atoms with E-state index in [9.17, 15) is 0 Å². The zero-order valence-corrected chi connectivity index (χ0v) is 11.5. The smallest absolute Gasteiger partial charge is 0.205 e. The quantitative estimate of drug-likeness (QED) is 0.745. The molecule has 3 rings (SSSR count). The molecule has 0 saturated heterocycles. The van der Waals surface area contributed by atoms with Gasteiger partial charge in [-0.05, 0) is 42.8 Å². The number of anilines is 1. The van der Waals surface area contributed by atoms with E-state index >= 15 is 0 Å². The number of hydrogen-bond donors (Lipinski definition) is 1. The number of benzene rings is 2. The van der Waals surface area contributed by atoms with E-state index in [2.05, 4.69) is 40.0 Å². The summed E-state index contributed by atoms with van der Waals surface area (Å²) in [7, 11) is 0. The van der Waals surface area contributed by atoms with E-state index < -0.39 is 0 Å². The minimum atomic E-state index is 0.508. The van der Waals surface area contributed by atoms with Crippen molar-refractivity contribution < 1.29 is 0 Å². The van der Waals surface area contributed by atoms with E-state index in [1.807, 2.05) is 34.9 Å². The number of nitrogens with two attached hydrogens (primary N) is 1. The molecule has 0 amide bonds. The van der Waals surface area contributed by atoms with E-state index in [0.29, 0.717) is 5.95 Å². The summed E-state index contributed by atoms with van der Waals surface area (Å²) in [6, 6.07) is 14.1. The first-order valence-corrected chi connectivity index (χ1v) is 6.45. The maximum absolute atomic E-state index is 6.02. The van der Waals surface area contributed by atoms with Gasteiger partial charge in [-0.3, -0.25) is 4.57 Å². The number of aryl methyl sites for hydroxylation is 1. The highest BCUT2D eigenvalue weighted by atomic mass is 79.9. The third kappa shape index (κ3) is 1.78. The summed E-state index contributed by atoms with van der Waals surface area (Å²) in [6.07, 6.45) is 0. The van der Waals surface area contributed by atoms with Gasteiger partial charge in [-0.2, -0.15) is 0 Å². The van der Waals surface area contributed by atoms with Crippen LogP contribution in [0, 0.1) is 6.92 Å². The normalized spacial score (nSPS) is 11.0. The van der Waals surface area contributed by atoms with Gasteiger partial charge in [0, 0.05) is 4.47 Å². The van der Waals surface area contributed by atoms with Gasteiger partial charge in [0.15, 0.2) is 0 Å². The highest BCUT2D eigenvalue weighted by molar-refractivity contribution is 9.10. The SMILES string of the molecule is Cc1cc(Br)cc(-n2c(N)nc3ccccc32)c1. The molecular weight excluding hydrogens is 290 g/mol. The molecule has 0 saturated carbocycles. The maximum atomic E-state index is 6.02. The average molecular weight is 302 g/mol. The molecule has 4 heteroatoms. The summed E-state index contributed by atoms with van der Waals surface area (Å²) in [5.41, 5.74) is 10.2. The highest BCUT2D eigenvalue weighted by Gasteiger charge is 2.09. The van der Waals surface area contributed by atoms with Crippen LogP contribution in [0.1, 0.15) is 5.56 Å². The van der Waals surface area contributed by atoms with Gasteiger partial charge in [0.1, 0.15) is 0 Å². The monoisotopic (exact) mass is 301 g/mol. The van der Waals surface area contributed by atoms with Crippen molar-refractivity contribution in [1.82, 2.24) is 9.55 Å². The molecule has 90 valence electrons. The van der Waals surface area contributed by atoms with E-state index in [0.717, 1.165) is 21.2 Å². The second-order valence-electron chi connectivity index (χ2n) is 4.28. The molecule has 0 fully saturated rings. The van der Waals surface area contributed by atoms with Crippen LogP contribution in [-0.4, -0.2) is 9.55 Å². The standard InChI is InChI=1S/C14H12BrN3/c1-9-6-10(15)8-11(7-9)18-13-5-3-2-4-12(13)17-14(18)16/h2-8H,1H3,(H2,16,17). The van der Waals surface area contributed by atoms with Crippen LogP contribution in [0.25, 0.3) is 16.7 Å². The summed E-state index contributed by atoms with van der Waals surface area (Å²) in [5.74, 6) is 0.508. The Bertz CT molecular complexity index is 711. The number of nitrogen functional groups attached to an aromatic ring is 1. The molecule has 3 aromatic rings. The fourth-order valence-electron chi connectivity index (χ4n) is 2.16. The second-order valence-corrected chi connectivity index (χ2v) is 5.20. The summed E-state index contributed by atoms with van der Waals surface area (Å²) in [5, 5.41) is 0. The van der Waals surface area contributed by atoms with Crippen molar-refractivity contribution >= 4 is 32.9 Å². The first-order valence-electron chi connectivity index (χ1n) is 5.66. The van der Waals surface area contributed by atoms with Gasteiger partial charge in [-0.15, -0.1) is 0 Å². The topological polar surface area (TPSA) is 43.8 Å². The molecule has 0 bridgehead atoms. The van der Waals surface area contributed by atoms with Crippen molar-refractivity contribution in [3.63, 3.8) is 0 Å². The Hall–Kier alpha value is -1.81. The van der Waals surface area contributed by atoms with Crippen molar-refractivity contribution in [2.75, 3.05) is 5.73 Å². The van der Waals surface area contributed by atoms with Crippen LogP contribution in [0.5, 0.6) is 0 Å². The molecule has 1 heterocycles. The molecular formula is C14H12BrN3. The highest BCUT2D eigenvalue weighted by Crippen LogP contribution is 2.25. The predicted octanol–water partition coefficient (Wildman–Crippen LogP) is 3.68. The summed E-state index contributed by atoms with van der Waals surface area (Å²) in [4.78, 5) is 4.37. The van der Waals surface area contributed by atoms with Crippen molar-refractivity contribution in [2.45, 2.75) is 6.92 Å². The predicted molar refractivity (Wildman–Crippen MR) is 77.9 cm³/mol. The number of nitrogens with zero attached hydrogens (tertiary/aromatic N) is 2. The molecule has 0 atom stereocenters. The third-order valence-corrected chi connectivity index (χ3v) is 3.33. The number of imidazole rings is 1. The fraction of sp³-hybridized carbons (Fsp3) is 0.0714. The molecule has 0 spiro atoms. The summed E-state index contributed by atoms with van der Waals surface area (Å²) < 4.78 is 3.00. The first-order chi connectivity index (χ1) is 8.65. The maximum Gasteiger partial charge on any atom is 0.205 e. The van der Waals surface area contributed by atoms with Crippen LogP contribution >= 0.6 is 15.9 Å². The number of para-hydroxylation sites is 2. The van der Waals surface area contributed by atoms with E-state index in [-0.39, 0.29) is 0 Å². The minimum Gasteiger partial charge on any atom is -0.369 e. The van der Waals surface area contributed by atoms with Crippen molar-refractivity contribution in [1.29, 1.82) is 0 Å². The minimum absolute atomic E-state index is 0.508.